The van der Waals surface area contributed by atoms with Gasteiger partial charge in [0.05, 0.1) is 12.1 Å². The normalized spacial score (nSPS) is 56.8. The molecule has 2 bridgehead atoms. The molecule has 9 unspecified atom stereocenters. The van der Waals surface area contributed by atoms with Crippen LogP contribution in [0.4, 0.5) is 0 Å². The van der Waals surface area contributed by atoms with Crippen molar-refractivity contribution in [2.24, 2.45) is 64.0 Å². The summed E-state index contributed by atoms with van der Waals surface area (Å²) in [6.45, 7) is 4.95. The highest BCUT2D eigenvalue weighted by Crippen LogP contribution is 2.85. The summed E-state index contributed by atoms with van der Waals surface area (Å²) in [5.41, 5.74) is 5.77. The molecule has 5 aliphatic carbocycles. The average Bonchev–Trinajstić information content (AvgIpc) is 3.04. The first kappa shape index (κ1) is 16.2. The third-order valence-electron chi connectivity index (χ3n) is 9.12. The third kappa shape index (κ3) is 1.67. The summed E-state index contributed by atoms with van der Waals surface area (Å²) in [4.78, 5) is 6.97. The molecule has 6 aliphatic rings. The predicted molar refractivity (Wildman–Crippen MR) is 104 cm³/mol. The van der Waals surface area contributed by atoms with Crippen molar-refractivity contribution >= 4 is 29.9 Å². The van der Waals surface area contributed by atoms with Crippen LogP contribution >= 0.6 is 24.0 Å². The largest absolute Gasteiger partial charge is 0.387 e. The Bertz CT molecular complexity index is 583. The fourth-order valence-electron chi connectivity index (χ4n) is 8.48. The molecule has 0 aromatic heterocycles. The first-order valence-corrected chi connectivity index (χ1v) is 9.87. The Kier molecular flexibility index (Phi) is 3.38. The van der Waals surface area contributed by atoms with Crippen molar-refractivity contribution in [2.75, 3.05) is 19.6 Å². The van der Waals surface area contributed by atoms with E-state index in [4.69, 9.17) is 10.7 Å². The van der Waals surface area contributed by atoms with Crippen LogP contribution in [0.5, 0.6) is 0 Å². The van der Waals surface area contributed by atoms with Gasteiger partial charge in [-0.1, -0.05) is 6.92 Å². The van der Waals surface area contributed by atoms with E-state index >= 15 is 0 Å². The van der Waals surface area contributed by atoms with Crippen molar-refractivity contribution in [1.82, 2.24) is 4.90 Å². The fraction of sp³-hybridized carbons (Fsp3) is 0.947. The summed E-state index contributed by atoms with van der Waals surface area (Å²) >= 11 is 0. The van der Waals surface area contributed by atoms with E-state index < -0.39 is 5.60 Å². The van der Waals surface area contributed by atoms with Gasteiger partial charge in [0.1, 0.15) is 0 Å². The Morgan fingerprint density at radius 2 is 1.75 bits per heavy atom. The second kappa shape index (κ2) is 5.02. The van der Waals surface area contributed by atoms with Crippen LogP contribution in [0.15, 0.2) is 4.99 Å². The predicted octanol–water partition coefficient (Wildman–Crippen LogP) is 2.16. The van der Waals surface area contributed by atoms with E-state index in [1.54, 1.807) is 0 Å². The van der Waals surface area contributed by atoms with Gasteiger partial charge in [0, 0.05) is 13.1 Å². The lowest BCUT2D eigenvalue weighted by atomic mass is 9.56. The van der Waals surface area contributed by atoms with Crippen molar-refractivity contribution in [2.45, 2.75) is 38.2 Å². The zero-order valence-corrected chi connectivity index (χ0v) is 16.8. The Balaban J connectivity index is 0.00000131. The molecular formula is C19H30IN3O. The number of aliphatic imine (C=N–C) groups is 1. The summed E-state index contributed by atoms with van der Waals surface area (Å²) in [5, 5.41) is 11.6. The van der Waals surface area contributed by atoms with E-state index in [9.17, 15) is 5.11 Å². The molecule has 9 atom stereocenters. The third-order valence-corrected chi connectivity index (χ3v) is 9.12. The van der Waals surface area contributed by atoms with Crippen molar-refractivity contribution < 1.29 is 5.11 Å². The van der Waals surface area contributed by atoms with Crippen molar-refractivity contribution in [3.63, 3.8) is 0 Å². The molecule has 5 saturated carbocycles. The number of guanidine groups is 1. The second-order valence-electron chi connectivity index (χ2n) is 9.67. The van der Waals surface area contributed by atoms with Crippen LogP contribution in [0.3, 0.4) is 0 Å². The molecule has 1 heterocycles. The smallest absolute Gasteiger partial charge is 0.191 e. The van der Waals surface area contributed by atoms with E-state index in [-0.39, 0.29) is 24.0 Å². The van der Waals surface area contributed by atoms with Gasteiger partial charge in [-0.05, 0) is 78.9 Å². The first-order valence-electron chi connectivity index (χ1n) is 9.87. The van der Waals surface area contributed by atoms with Crippen molar-refractivity contribution in [1.29, 1.82) is 0 Å². The molecule has 6 rings (SSSR count). The van der Waals surface area contributed by atoms with Gasteiger partial charge in [-0.15, -0.1) is 24.0 Å². The summed E-state index contributed by atoms with van der Waals surface area (Å²) < 4.78 is 0. The van der Waals surface area contributed by atoms with E-state index in [1.165, 1.54) is 25.7 Å². The zero-order chi connectivity index (χ0) is 15.5. The van der Waals surface area contributed by atoms with Crippen LogP contribution in [0.1, 0.15) is 32.6 Å². The van der Waals surface area contributed by atoms with Crippen LogP contribution in [0.2, 0.25) is 0 Å². The molecule has 134 valence electrons. The maximum Gasteiger partial charge on any atom is 0.191 e. The zero-order valence-electron chi connectivity index (χ0n) is 14.5. The molecule has 24 heavy (non-hydrogen) atoms. The van der Waals surface area contributed by atoms with E-state index in [2.05, 4.69) is 11.8 Å². The number of hydrogen-bond acceptors (Lipinski definition) is 2. The van der Waals surface area contributed by atoms with Crippen LogP contribution in [-0.4, -0.2) is 41.2 Å². The number of piperidine rings is 1. The van der Waals surface area contributed by atoms with Gasteiger partial charge in [0.25, 0.3) is 0 Å². The number of nitrogens with zero attached hydrogens (tertiary/aromatic N) is 2. The highest BCUT2D eigenvalue weighted by molar-refractivity contribution is 14.0. The monoisotopic (exact) mass is 443 g/mol. The molecule has 3 N–H and O–H groups in total. The lowest BCUT2D eigenvalue weighted by Crippen LogP contribution is -2.56. The second-order valence-corrected chi connectivity index (χ2v) is 9.67. The van der Waals surface area contributed by atoms with Crippen molar-refractivity contribution in [3.8, 4) is 0 Å². The molecule has 0 aromatic carbocycles. The van der Waals surface area contributed by atoms with Crippen LogP contribution < -0.4 is 5.73 Å². The number of nitrogens with two attached hydrogens (primary N) is 1. The van der Waals surface area contributed by atoms with Gasteiger partial charge in [0.2, 0.25) is 0 Å². The van der Waals surface area contributed by atoms with Gasteiger partial charge in [-0.25, -0.2) is 0 Å². The number of likely N-dealkylation sites (tertiary alicyclic amines) is 1. The summed E-state index contributed by atoms with van der Waals surface area (Å²) in [5.74, 6) is 7.90. The summed E-state index contributed by atoms with van der Waals surface area (Å²) in [6.07, 6.45) is 5.26. The van der Waals surface area contributed by atoms with Gasteiger partial charge < -0.3 is 15.7 Å². The minimum atomic E-state index is -0.516. The molecule has 6 fully saturated rings. The van der Waals surface area contributed by atoms with E-state index in [1.807, 2.05) is 0 Å². The number of hydrogen-bond donors (Lipinski definition) is 2. The van der Waals surface area contributed by atoms with Crippen LogP contribution in [0, 0.1) is 53.3 Å². The number of aliphatic hydroxyl groups is 1. The summed E-state index contributed by atoms with van der Waals surface area (Å²) in [7, 11) is 0. The SMILES string of the molecule is CC1CCN(C(N)=NCC2(O)C3C4CC5C6C4CC3C6C52)CC1.I. The minimum absolute atomic E-state index is 0. The quantitative estimate of drug-likeness (QED) is 0.391. The maximum atomic E-state index is 11.6. The fourth-order valence-corrected chi connectivity index (χ4v) is 8.48. The number of halogens is 1. The standard InChI is InChI=1S/C19H29N3O.HI/c1-9-2-4-22(5-3-9)18(20)21-8-19(23)16-11-7-12-14-10(11)6-13(16)15(14)17(12)19;/h9-17,23H,2-8H2,1H3,(H2,20,21);1H. The van der Waals surface area contributed by atoms with E-state index in [0.29, 0.717) is 24.3 Å². The lowest BCUT2D eigenvalue weighted by molar-refractivity contribution is -0.123. The first-order chi connectivity index (χ1) is 11.1. The number of fused-ring (bicyclic) bond motifs is 2. The Morgan fingerprint density at radius 3 is 2.50 bits per heavy atom. The topological polar surface area (TPSA) is 61.8 Å². The molecule has 1 aliphatic heterocycles. The Hall–Kier alpha value is -0.0400. The highest BCUT2D eigenvalue weighted by Gasteiger charge is 2.84. The number of rotatable bonds is 2. The molecule has 0 amide bonds. The molecular weight excluding hydrogens is 413 g/mol. The van der Waals surface area contributed by atoms with Crippen molar-refractivity contribution in [3.05, 3.63) is 0 Å². The minimum Gasteiger partial charge on any atom is -0.387 e. The average molecular weight is 443 g/mol. The highest BCUT2D eigenvalue weighted by atomic mass is 127. The Morgan fingerprint density at radius 1 is 1.08 bits per heavy atom. The molecule has 0 spiro atoms. The lowest BCUT2D eigenvalue weighted by Gasteiger charge is -2.51. The maximum absolute atomic E-state index is 11.6. The molecule has 0 aromatic rings. The summed E-state index contributed by atoms with van der Waals surface area (Å²) in [6, 6.07) is 0. The van der Waals surface area contributed by atoms with Gasteiger partial charge in [0.15, 0.2) is 5.96 Å². The molecule has 1 saturated heterocycles. The van der Waals surface area contributed by atoms with Crippen LogP contribution in [-0.2, 0) is 0 Å². The van der Waals surface area contributed by atoms with Crippen LogP contribution in [0.25, 0.3) is 0 Å². The van der Waals surface area contributed by atoms with Gasteiger partial charge in [-0.3, -0.25) is 4.99 Å². The molecule has 0 radical (unpaired) electrons. The van der Waals surface area contributed by atoms with Gasteiger partial charge >= 0.3 is 0 Å². The van der Waals surface area contributed by atoms with E-state index in [0.717, 1.165) is 54.5 Å². The molecule has 4 nitrogen and oxygen atoms in total. The van der Waals surface area contributed by atoms with Gasteiger partial charge in [-0.2, -0.15) is 0 Å². The molecule has 5 heteroatoms. The Labute approximate surface area is 161 Å².